The highest BCUT2D eigenvalue weighted by atomic mass is 16.6. The van der Waals surface area contributed by atoms with Gasteiger partial charge in [-0.25, -0.2) is 0 Å². The van der Waals surface area contributed by atoms with E-state index in [1.807, 2.05) is 18.2 Å². The molecule has 3 N–H and O–H groups in total. The van der Waals surface area contributed by atoms with Crippen molar-refractivity contribution in [3.63, 3.8) is 0 Å². The Balaban J connectivity index is 1.94. The first-order chi connectivity index (χ1) is 14.0. The highest BCUT2D eigenvalue weighted by molar-refractivity contribution is 5.72. The predicted molar refractivity (Wildman–Crippen MR) is 103 cm³/mol. The van der Waals surface area contributed by atoms with Gasteiger partial charge in [-0.3, -0.25) is 15.2 Å². The summed E-state index contributed by atoms with van der Waals surface area (Å²) in [6.07, 6.45) is 0. The Morgan fingerprint density at radius 1 is 1.31 bits per heavy atom. The van der Waals surface area contributed by atoms with Gasteiger partial charge in [0.15, 0.2) is 0 Å². The number of nitrogens with zero attached hydrogens (tertiary/aromatic N) is 3. The van der Waals surface area contributed by atoms with E-state index in [2.05, 4.69) is 16.3 Å². The standard InChI is InChI=1S/C20H15N5O4/c1-28-14-7-3-5-12(9-14)18-17-16(11-4-2-6-13(8-11)25(26)27)15(10-21)19(22)29-20(17)24-23-18/h2-9,16H,22H2,1H3,(H,23,24). The maximum absolute atomic E-state index is 11.3. The van der Waals surface area contributed by atoms with Gasteiger partial charge >= 0.3 is 0 Å². The Morgan fingerprint density at radius 3 is 2.83 bits per heavy atom. The van der Waals surface area contributed by atoms with Gasteiger partial charge in [0.25, 0.3) is 5.69 Å². The first-order valence-electron chi connectivity index (χ1n) is 8.58. The van der Waals surface area contributed by atoms with Crippen LogP contribution in [0.3, 0.4) is 0 Å². The molecule has 2 aromatic carbocycles. The molecule has 1 atom stereocenters. The number of aromatic nitrogens is 2. The van der Waals surface area contributed by atoms with Crippen LogP contribution in [0, 0.1) is 21.4 Å². The first-order valence-corrected chi connectivity index (χ1v) is 8.58. The molecule has 9 nitrogen and oxygen atoms in total. The number of H-pyrrole nitrogens is 1. The number of nitrogens with two attached hydrogens (primary N) is 1. The van der Waals surface area contributed by atoms with E-state index < -0.39 is 10.8 Å². The van der Waals surface area contributed by atoms with Gasteiger partial charge in [-0.2, -0.15) is 5.26 Å². The Kier molecular flexibility index (Phi) is 4.37. The molecule has 0 bridgehead atoms. The third-order valence-corrected chi connectivity index (χ3v) is 4.71. The van der Waals surface area contributed by atoms with Crippen molar-refractivity contribution in [3.8, 4) is 29.0 Å². The summed E-state index contributed by atoms with van der Waals surface area (Å²) < 4.78 is 10.8. The maximum Gasteiger partial charge on any atom is 0.269 e. The quantitative estimate of drug-likeness (QED) is 0.515. The van der Waals surface area contributed by atoms with E-state index >= 15 is 0 Å². The van der Waals surface area contributed by atoms with Crippen LogP contribution in [-0.2, 0) is 0 Å². The lowest BCUT2D eigenvalue weighted by Crippen LogP contribution is -2.21. The zero-order valence-electron chi connectivity index (χ0n) is 15.2. The predicted octanol–water partition coefficient (Wildman–Crippen LogP) is 3.21. The molecule has 2 heterocycles. The van der Waals surface area contributed by atoms with Gasteiger partial charge < -0.3 is 15.2 Å². The van der Waals surface area contributed by atoms with Crippen LogP contribution in [0.25, 0.3) is 11.3 Å². The number of hydrogen-bond donors (Lipinski definition) is 2. The molecule has 9 heteroatoms. The number of benzene rings is 2. The summed E-state index contributed by atoms with van der Waals surface area (Å²) in [5.41, 5.74) is 8.50. The van der Waals surface area contributed by atoms with Crippen molar-refractivity contribution in [1.82, 2.24) is 10.2 Å². The van der Waals surface area contributed by atoms with Crippen LogP contribution < -0.4 is 15.2 Å². The average molecular weight is 389 g/mol. The van der Waals surface area contributed by atoms with Crippen molar-refractivity contribution in [2.24, 2.45) is 5.73 Å². The monoisotopic (exact) mass is 389 g/mol. The van der Waals surface area contributed by atoms with Crippen LogP contribution in [0.5, 0.6) is 11.6 Å². The van der Waals surface area contributed by atoms with E-state index in [1.54, 1.807) is 25.3 Å². The molecular formula is C20H15N5O4. The lowest BCUT2D eigenvalue weighted by atomic mass is 9.83. The summed E-state index contributed by atoms with van der Waals surface area (Å²) in [5, 5.41) is 28.1. The van der Waals surface area contributed by atoms with Gasteiger partial charge in [-0.15, -0.1) is 5.10 Å². The Labute approximate surface area is 165 Å². The molecule has 3 aromatic rings. The fourth-order valence-electron chi connectivity index (χ4n) is 3.39. The van der Waals surface area contributed by atoms with E-state index in [4.69, 9.17) is 15.2 Å². The van der Waals surface area contributed by atoms with Gasteiger partial charge in [0, 0.05) is 17.7 Å². The Hall–Kier alpha value is -4.32. The highest BCUT2D eigenvalue weighted by Gasteiger charge is 2.36. The summed E-state index contributed by atoms with van der Waals surface area (Å²) in [7, 11) is 1.56. The molecule has 4 rings (SSSR count). The number of aromatic amines is 1. The molecule has 1 aliphatic heterocycles. The number of hydrogen-bond acceptors (Lipinski definition) is 7. The van der Waals surface area contributed by atoms with Gasteiger partial charge in [0.2, 0.25) is 11.8 Å². The number of ether oxygens (including phenoxy) is 2. The lowest BCUT2D eigenvalue weighted by molar-refractivity contribution is -0.384. The summed E-state index contributed by atoms with van der Waals surface area (Å²) in [6.45, 7) is 0. The molecule has 0 saturated heterocycles. The maximum atomic E-state index is 11.3. The fourth-order valence-corrected chi connectivity index (χ4v) is 3.39. The summed E-state index contributed by atoms with van der Waals surface area (Å²) in [5.74, 6) is 0.102. The average Bonchev–Trinajstić information content (AvgIpc) is 3.16. The van der Waals surface area contributed by atoms with Gasteiger partial charge in [0.05, 0.1) is 29.2 Å². The normalized spacial score (nSPS) is 15.2. The van der Waals surface area contributed by atoms with Crippen molar-refractivity contribution in [2.45, 2.75) is 5.92 Å². The second kappa shape index (κ2) is 7.01. The second-order valence-corrected chi connectivity index (χ2v) is 6.33. The van der Waals surface area contributed by atoms with Crippen LogP contribution in [0.1, 0.15) is 17.0 Å². The van der Waals surface area contributed by atoms with Gasteiger partial charge in [-0.05, 0) is 17.7 Å². The minimum atomic E-state index is -0.677. The number of nitro groups is 1. The van der Waals surface area contributed by atoms with E-state index in [1.165, 1.54) is 12.1 Å². The SMILES string of the molecule is COc1cccc(-c2[nH]nc3c2C(c2cccc([N+](=O)[O-])c2)C(C#N)=C(N)O3)c1. The number of non-ortho nitro benzene ring substituents is 1. The van der Waals surface area contributed by atoms with Crippen LogP contribution >= 0.6 is 0 Å². The molecule has 0 aliphatic carbocycles. The minimum absolute atomic E-state index is 0.0831. The molecule has 0 fully saturated rings. The summed E-state index contributed by atoms with van der Waals surface area (Å²) >= 11 is 0. The van der Waals surface area contributed by atoms with Crippen molar-refractivity contribution >= 4 is 5.69 Å². The number of allylic oxidation sites excluding steroid dienone is 1. The van der Waals surface area contributed by atoms with Crippen molar-refractivity contribution in [2.75, 3.05) is 7.11 Å². The zero-order valence-corrected chi connectivity index (χ0v) is 15.2. The molecule has 29 heavy (non-hydrogen) atoms. The fraction of sp³-hybridized carbons (Fsp3) is 0.100. The summed E-state index contributed by atoms with van der Waals surface area (Å²) in [6, 6.07) is 15.5. The molecule has 1 aromatic heterocycles. The van der Waals surface area contributed by atoms with Crippen molar-refractivity contribution in [3.05, 3.63) is 81.2 Å². The van der Waals surface area contributed by atoms with Crippen LogP contribution in [-0.4, -0.2) is 22.2 Å². The van der Waals surface area contributed by atoms with Gasteiger partial charge in [0.1, 0.15) is 17.4 Å². The number of nitro benzene ring substituents is 1. The zero-order chi connectivity index (χ0) is 20.5. The van der Waals surface area contributed by atoms with Crippen molar-refractivity contribution in [1.29, 1.82) is 5.26 Å². The van der Waals surface area contributed by atoms with Crippen LogP contribution in [0.4, 0.5) is 5.69 Å². The largest absolute Gasteiger partial charge is 0.497 e. The topological polar surface area (TPSA) is 140 Å². The third-order valence-electron chi connectivity index (χ3n) is 4.71. The minimum Gasteiger partial charge on any atom is -0.497 e. The van der Waals surface area contributed by atoms with Crippen LogP contribution in [0.2, 0.25) is 0 Å². The second-order valence-electron chi connectivity index (χ2n) is 6.33. The van der Waals surface area contributed by atoms with Gasteiger partial charge in [-0.1, -0.05) is 24.3 Å². The molecular weight excluding hydrogens is 374 g/mol. The molecule has 1 unspecified atom stereocenters. The number of nitrogens with one attached hydrogen (secondary N) is 1. The van der Waals surface area contributed by atoms with E-state index in [9.17, 15) is 15.4 Å². The molecule has 0 amide bonds. The van der Waals surface area contributed by atoms with E-state index in [-0.39, 0.29) is 23.0 Å². The number of methoxy groups -OCH3 is 1. The molecule has 0 saturated carbocycles. The number of fused-ring (bicyclic) bond motifs is 1. The smallest absolute Gasteiger partial charge is 0.269 e. The highest BCUT2D eigenvalue weighted by Crippen LogP contribution is 2.46. The molecule has 1 aliphatic rings. The number of nitriles is 1. The lowest BCUT2D eigenvalue weighted by Gasteiger charge is -2.24. The van der Waals surface area contributed by atoms with Crippen LogP contribution in [0.15, 0.2) is 60.0 Å². The van der Waals surface area contributed by atoms with E-state index in [0.29, 0.717) is 22.6 Å². The number of rotatable bonds is 4. The van der Waals surface area contributed by atoms with E-state index in [0.717, 1.165) is 5.56 Å². The van der Waals surface area contributed by atoms with Crippen molar-refractivity contribution < 1.29 is 14.4 Å². The molecule has 144 valence electrons. The molecule has 0 spiro atoms. The Morgan fingerprint density at radius 2 is 2.10 bits per heavy atom. The summed E-state index contributed by atoms with van der Waals surface area (Å²) in [4.78, 5) is 10.8. The molecule has 0 radical (unpaired) electrons. The third kappa shape index (κ3) is 3.02. The first kappa shape index (κ1) is 18.1. The Bertz CT molecular complexity index is 1190.